The number of aliphatic hydroxyl groups excluding tert-OH is 1. The molecule has 0 bridgehead atoms. The zero-order valence-electron chi connectivity index (χ0n) is 8.42. The Hall–Kier alpha value is -1.26. The van der Waals surface area contributed by atoms with E-state index in [4.69, 9.17) is 5.11 Å². The maximum absolute atomic E-state index is 9.02. The molecule has 3 nitrogen and oxygen atoms in total. The van der Waals surface area contributed by atoms with Gasteiger partial charge in [-0.05, 0) is 12.1 Å². The number of pyridine rings is 1. The first-order valence-electron chi connectivity index (χ1n) is 4.78. The van der Waals surface area contributed by atoms with Crippen molar-refractivity contribution in [2.45, 2.75) is 12.8 Å². The fraction of sp³-hybridized carbons (Fsp3) is 0.273. The first kappa shape index (κ1) is 10.3. The first-order chi connectivity index (χ1) is 7.31. The third kappa shape index (κ3) is 2.22. The zero-order chi connectivity index (χ0) is 10.7. The summed E-state index contributed by atoms with van der Waals surface area (Å²) in [4.78, 5) is 8.52. The molecule has 2 aromatic rings. The highest BCUT2D eigenvalue weighted by Crippen LogP contribution is 2.25. The lowest BCUT2D eigenvalue weighted by molar-refractivity contribution is 0.271. The van der Waals surface area contributed by atoms with Crippen LogP contribution in [0.25, 0.3) is 10.6 Å². The van der Waals surface area contributed by atoms with E-state index >= 15 is 0 Å². The van der Waals surface area contributed by atoms with Crippen LogP contribution in [0, 0.1) is 0 Å². The van der Waals surface area contributed by atoms with Crippen LogP contribution >= 0.6 is 11.3 Å². The Morgan fingerprint density at radius 3 is 3.07 bits per heavy atom. The van der Waals surface area contributed by atoms with Gasteiger partial charge in [-0.3, -0.25) is 4.98 Å². The number of aromatic nitrogens is 2. The standard InChI is InChI=1S/C11H12N2OS/c1-8(6-14)10-7-15-11(13-10)9-3-2-4-12-5-9/h2-5,7-8,14H,6H2,1H3. The van der Waals surface area contributed by atoms with Crippen molar-refractivity contribution in [3.63, 3.8) is 0 Å². The van der Waals surface area contributed by atoms with Crippen LogP contribution in [0.1, 0.15) is 18.5 Å². The Morgan fingerprint density at radius 1 is 1.53 bits per heavy atom. The molecule has 2 heterocycles. The topological polar surface area (TPSA) is 46.0 Å². The summed E-state index contributed by atoms with van der Waals surface area (Å²) in [5.41, 5.74) is 1.97. The lowest BCUT2D eigenvalue weighted by Gasteiger charge is -2.01. The van der Waals surface area contributed by atoms with Crippen LogP contribution in [0.15, 0.2) is 29.9 Å². The van der Waals surface area contributed by atoms with Gasteiger partial charge < -0.3 is 5.11 Å². The fourth-order valence-electron chi connectivity index (χ4n) is 1.23. The SMILES string of the molecule is CC(CO)c1csc(-c2cccnc2)n1. The van der Waals surface area contributed by atoms with Crippen molar-refractivity contribution < 1.29 is 5.11 Å². The molecule has 2 aromatic heterocycles. The van der Waals surface area contributed by atoms with Gasteiger partial charge in [-0.1, -0.05) is 6.92 Å². The molecule has 15 heavy (non-hydrogen) atoms. The van der Waals surface area contributed by atoms with Gasteiger partial charge >= 0.3 is 0 Å². The highest BCUT2D eigenvalue weighted by Gasteiger charge is 2.09. The third-order valence-corrected chi connectivity index (χ3v) is 3.12. The van der Waals surface area contributed by atoms with Crippen LogP contribution < -0.4 is 0 Å². The lowest BCUT2D eigenvalue weighted by atomic mass is 10.1. The van der Waals surface area contributed by atoms with E-state index in [1.807, 2.05) is 24.4 Å². The molecule has 0 saturated carbocycles. The van der Waals surface area contributed by atoms with Crippen LogP contribution in [0.5, 0.6) is 0 Å². The Morgan fingerprint density at radius 2 is 2.40 bits per heavy atom. The number of hydrogen-bond donors (Lipinski definition) is 1. The van der Waals surface area contributed by atoms with Gasteiger partial charge in [0.25, 0.3) is 0 Å². The quantitative estimate of drug-likeness (QED) is 0.863. The maximum atomic E-state index is 9.02. The molecule has 4 heteroatoms. The van der Waals surface area contributed by atoms with Crippen molar-refractivity contribution >= 4 is 11.3 Å². The highest BCUT2D eigenvalue weighted by molar-refractivity contribution is 7.13. The molecule has 2 rings (SSSR count). The van der Waals surface area contributed by atoms with Gasteiger partial charge in [-0.25, -0.2) is 4.98 Å². The van der Waals surface area contributed by atoms with Crippen molar-refractivity contribution in [2.75, 3.05) is 6.61 Å². The molecule has 0 radical (unpaired) electrons. The molecule has 0 aromatic carbocycles. The molecule has 0 spiro atoms. The Balaban J connectivity index is 2.28. The van der Waals surface area contributed by atoms with Gasteiger partial charge in [0.1, 0.15) is 5.01 Å². The number of rotatable bonds is 3. The second-order valence-electron chi connectivity index (χ2n) is 3.40. The van der Waals surface area contributed by atoms with E-state index in [0.29, 0.717) is 0 Å². The zero-order valence-corrected chi connectivity index (χ0v) is 9.24. The van der Waals surface area contributed by atoms with Gasteiger partial charge in [-0.2, -0.15) is 0 Å². The monoisotopic (exact) mass is 220 g/mol. The van der Waals surface area contributed by atoms with E-state index in [1.54, 1.807) is 23.7 Å². The molecule has 1 unspecified atom stereocenters. The van der Waals surface area contributed by atoms with E-state index in [9.17, 15) is 0 Å². The summed E-state index contributed by atoms with van der Waals surface area (Å²) in [6, 6.07) is 3.88. The maximum Gasteiger partial charge on any atom is 0.125 e. The third-order valence-electron chi connectivity index (χ3n) is 2.21. The minimum Gasteiger partial charge on any atom is -0.396 e. The molecule has 0 fully saturated rings. The normalized spacial score (nSPS) is 12.7. The van der Waals surface area contributed by atoms with E-state index < -0.39 is 0 Å². The molecule has 0 saturated heterocycles. The minimum absolute atomic E-state index is 0.103. The number of thiazole rings is 1. The smallest absolute Gasteiger partial charge is 0.125 e. The predicted octanol–water partition coefficient (Wildman–Crippen LogP) is 2.30. The van der Waals surface area contributed by atoms with Gasteiger partial charge in [0, 0.05) is 29.3 Å². The van der Waals surface area contributed by atoms with Crippen LogP contribution in [-0.4, -0.2) is 21.7 Å². The summed E-state index contributed by atoms with van der Waals surface area (Å²) in [6.45, 7) is 2.10. The molecule has 78 valence electrons. The lowest BCUT2D eigenvalue weighted by Crippen LogP contribution is -1.98. The molecular weight excluding hydrogens is 208 g/mol. The van der Waals surface area contributed by atoms with Crippen molar-refractivity contribution in [1.29, 1.82) is 0 Å². The largest absolute Gasteiger partial charge is 0.396 e. The Labute approximate surface area is 92.5 Å². The van der Waals surface area contributed by atoms with E-state index in [0.717, 1.165) is 16.3 Å². The van der Waals surface area contributed by atoms with Crippen LogP contribution in [-0.2, 0) is 0 Å². The van der Waals surface area contributed by atoms with E-state index in [-0.39, 0.29) is 12.5 Å². The van der Waals surface area contributed by atoms with Gasteiger partial charge in [0.2, 0.25) is 0 Å². The van der Waals surface area contributed by atoms with Crippen molar-refractivity contribution in [3.8, 4) is 10.6 Å². The van der Waals surface area contributed by atoms with Crippen molar-refractivity contribution in [3.05, 3.63) is 35.6 Å². The molecule has 1 atom stereocenters. The molecule has 0 aliphatic rings. The summed E-state index contributed by atoms with van der Waals surface area (Å²) >= 11 is 1.58. The average molecular weight is 220 g/mol. The number of nitrogens with zero attached hydrogens (tertiary/aromatic N) is 2. The summed E-state index contributed by atoms with van der Waals surface area (Å²) in [7, 11) is 0. The summed E-state index contributed by atoms with van der Waals surface area (Å²) in [6.07, 6.45) is 3.54. The minimum atomic E-state index is 0.103. The summed E-state index contributed by atoms with van der Waals surface area (Å²) in [5, 5.41) is 12.0. The van der Waals surface area contributed by atoms with Gasteiger partial charge in [0.15, 0.2) is 0 Å². The highest BCUT2D eigenvalue weighted by atomic mass is 32.1. The van der Waals surface area contributed by atoms with E-state index in [2.05, 4.69) is 9.97 Å². The Kier molecular flexibility index (Phi) is 3.08. The summed E-state index contributed by atoms with van der Waals surface area (Å²) < 4.78 is 0. The van der Waals surface area contributed by atoms with Crippen LogP contribution in [0.2, 0.25) is 0 Å². The second-order valence-corrected chi connectivity index (χ2v) is 4.26. The summed E-state index contributed by atoms with van der Waals surface area (Å²) in [5.74, 6) is 0.103. The average Bonchev–Trinajstić information content (AvgIpc) is 2.78. The first-order valence-corrected chi connectivity index (χ1v) is 5.66. The molecule has 1 N–H and O–H groups in total. The van der Waals surface area contributed by atoms with E-state index in [1.165, 1.54) is 0 Å². The molecule has 0 amide bonds. The molecule has 0 aliphatic heterocycles. The fourth-order valence-corrected chi connectivity index (χ4v) is 2.16. The van der Waals surface area contributed by atoms with Crippen molar-refractivity contribution in [2.24, 2.45) is 0 Å². The van der Waals surface area contributed by atoms with Gasteiger partial charge in [-0.15, -0.1) is 11.3 Å². The Bertz CT molecular complexity index is 427. The number of aliphatic hydroxyl groups is 1. The number of hydrogen-bond acceptors (Lipinski definition) is 4. The van der Waals surface area contributed by atoms with Crippen molar-refractivity contribution in [1.82, 2.24) is 9.97 Å². The molecular formula is C11H12N2OS. The predicted molar refractivity (Wildman–Crippen MR) is 60.8 cm³/mol. The van der Waals surface area contributed by atoms with Crippen LogP contribution in [0.3, 0.4) is 0 Å². The molecule has 0 aliphatic carbocycles. The second kappa shape index (κ2) is 4.51. The van der Waals surface area contributed by atoms with Crippen LogP contribution in [0.4, 0.5) is 0 Å². The van der Waals surface area contributed by atoms with Gasteiger partial charge in [0.05, 0.1) is 12.3 Å².